The lowest BCUT2D eigenvalue weighted by molar-refractivity contribution is -0.136. The fourth-order valence-electron chi connectivity index (χ4n) is 0.760. The van der Waals surface area contributed by atoms with Gasteiger partial charge >= 0.3 is 0 Å². The van der Waals surface area contributed by atoms with Crippen LogP contribution in [0.1, 0.15) is 27.7 Å². The van der Waals surface area contributed by atoms with E-state index < -0.39 is 5.54 Å². The van der Waals surface area contributed by atoms with Crippen LogP contribution in [0.2, 0.25) is 0 Å². The predicted molar refractivity (Wildman–Crippen MR) is 50.5 cm³/mol. The molecule has 0 saturated carbocycles. The van der Waals surface area contributed by atoms with Gasteiger partial charge in [0.15, 0.2) is 0 Å². The van der Waals surface area contributed by atoms with Crippen LogP contribution >= 0.6 is 0 Å². The van der Waals surface area contributed by atoms with Gasteiger partial charge in [0.25, 0.3) is 0 Å². The highest BCUT2D eigenvalue weighted by Crippen LogP contribution is 2.13. The molecule has 0 bridgehead atoms. The molecule has 1 amide bonds. The Balaban J connectivity index is 4.52. The van der Waals surface area contributed by atoms with Gasteiger partial charge in [0, 0.05) is 13.0 Å². The van der Waals surface area contributed by atoms with Crippen molar-refractivity contribution in [2.45, 2.75) is 33.2 Å². The molecule has 0 aromatic heterocycles. The van der Waals surface area contributed by atoms with Crippen molar-refractivity contribution in [2.24, 2.45) is 5.92 Å². The number of carbonyl (C=O) groups is 1. The van der Waals surface area contributed by atoms with E-state index in [1.165, 1.54) is 0 Å². The van der Waals surface area contributed by atoms with Crippen LogP contribution in [0.25, 0.3) is 0 Å². The molecule has 0 aliphatic heterocycles. The molecule has 0 heterocycles. The summed E-state index contributed by atoms with van der Waals surface area (Å²) in [6.45, 7) is 7.44. The van der Waals surface area contributed by atoms with Crippen molar-refractivity contribution >= 4 is 5.91 Å². The maximum Gasteiger partial charge on any atom is 0.226 e. The van der Waals surface area contributed by atoms with Gasteiger partial charge in [-0.25, -0.2) is 0 Å². The van der Waals surface area contributed by atoms with Gasteiger partial charge in [-0.05, 0) is 13.8 Å². The second-order valence-corrected chi connectivity index (χ2v) is 3.76. The number of nitrogens with zero attached hydrogens (tertiary/aromatic N) is 1. The smallest absolute Gasteiger partial charge is 0.226 e. The summed E-state index contributed by atoms with van der Waals surface area (Å²) in [5.41, 5.74) is -0.485. The van der Waals surface area contributed by atoms with Crippen molar-refractivity contribution < 1.29 is 4.79 Å². The lowest BCUT2D eigenvalue weighted by Gasteiger charge is -2.32. The van der Waals surface area contributed by atoms with Crippen LogP contribution in [0.5, 0.6) is 0 Å². The fourth-order valence-corrected chi connectivity index (χ4v) is 0.760. The highest BCUT2D eigenvalue weighted by molar-refractivity contribution is 5.79. The third-order valence-electron chi connectivity index (χ3n) is 2.02. The minimum atomic E-state index is -0.485. The maximum absolute atomic E-state index is 11.5. The summed E-state index contributed by atoms with van der Waals surface area (Å²) in [5.74, 6) is 2.67. The van der Waals surface area contributed by atoms with Crippen LogP contribution in [-0.2, 0) is 4.79 Å². The molecule has 0 rings (SSSR count). The highest BCUT2D eigenvalue weighted by atomic mass is 16.2. The maximum atomic E-state index is 11.5. The van der Waals surface area contributed by atoms with Crippen molar-refractivity contribution in [1.29, 1.82) is 0 Å². The van der Waals surface area contributed by atoms with Crippen LogP contribution in [0.15, 0.2) is 0 Å². The zero-order valence-corrected chi connectivity index (χ0v) is 8.51. The van der Waals surface area contributed by atoms with Gasteiger partial charge in [-0.15, -0.1) is 6.42 Å². The fraction of sp³-hybridized carbons (Fsp3) is 0.700. The first-order valence-electron chi connectivity index (χ1n) is 4.08. The van der Waals surface area contributed by atoms with Crippen molar-refractivity contribution in [3.63, 3.8) is 0 Å². The second kappa shape index (κ2) is 3.62. The summed E-state index contributed by atoms with van der Waals surface area (Å²) in [6.07, 6.45) is 5.30. The minimum Gasteiger partial charge on any atom is -0.330 e. The van der Waals surface area contributed by atoms with Gasteiger partial charge in [0.1, 0.15) is 0 Å². The Morgan fingerprint density at radius 3 is 2.17 bits per heavy atom. The lowest BCUT2D eigenvalue weighted by atomic mass is 10.0. The number of terminal acetylenes is 1. The van der Waals surface area contributed by atoms with Gasteiger partial charge in [0.05, 0.1) is 5.54 Å². The van der Waals surface area contributed by atoms with E-state index in [4.69, 9.17) is 6.42 Å². The zero-order chi connectivity index (χ0) is 9.94. The van der Waals surface area contributed by atoms with E-state index in [0.717, 1.165) is 0 Å². The van der Waals surface area contributed by atoms with Gasteiger partial charge < -0.3 is 4.90 Å². The molecule has 0 aromatic carbocycles. The molecule has 2 heteroatoms. The third-order valence-corrected chi connectivity index (χ3v) is 2.02. The third kappa shape index (κ3) is 2.27. The standard InChI is InChI=1S/C10H17NO/c1-7-10(4,5)11(6)9(12)8(2)3/h1,8H,2-6H3. The van der Waals surface area contributed by atoms with Crippen LogP contribution < -0.4 is 0 Å². The Labute approximate surface area is 74.9 Å². The summed E-state index contributed by atoms with van der Waals surface area (Å²) in [7, 11) is 1.74. The Kier molecular flexibility index (Phi) is 3.33. The zero-order valence-electron chi connectivity index (χ0n) is 8.51. The summed E-state index contributed by atoms with van der Waals surface area (Å²) >= 11 is 0. The Hall–Kier alpha value is -0.970. The number of hydrogen-bond donors (Lipinski definition) is 0. The molecule has 0 fully saturated rings. The summed E-state index contributed by atoms with van der Waals surface area (Å²) in [6, 6.07) is 0. The largest absolute Gasteiger partial charge is 0.330 e. The number of hydrogen-bond acceptors (Lipinski definition) is 1. The van der Waals surface area contributed by atoms with E-state index >= 15 is 0 Å². The molecule has 0 spiro atoms. The van der Waals surface area contributed by atoms with Crippen molar-refractivity contribution in [1.82, 2.24) is 4.90 Å². The Bertz CT molecular complexity index is 210. The minimum absolute atomic E-state index is 0.00243. The molecule has 0 unspecified atom stereocenters. The number of carbonyl (C=O) groups excluding carboxylic acids is 1. The molecule has 0 N–H and O–H groups in total. The molecular weight excluding hydrogens is 150 g/mol. The normalized spacial score (nSPS) is 11.1. The monoisotopic (exact) mass is 167 g/mol. The summed E-state index contributed by atoms with van der Waals surface area (Å²) < 4.78 is 0. The van der Waals surface area contributed by atoms with Gasteiger partial charge in [0.2, 0.25) is 5.91 Å². The molecule has 0 aliphatic carbocycles. The number of amides is 1. The van der Waals surface area contributed by atoms with Gasteiger partial charge in [-0.2, -0.15) is 0 Å². The second-order valence-electron chi connectivity index (χ2n) is 3.76. The molecular formula is C10H17NO. The van der Waals surface area contributed by atoms with Gasteiger partial charge in [-0.1, -0.05) is 19.8 Å². The molecule has 0 aliphatic rings. The molecule has 0 saturated heterocycles. The van der Waals surface area contributed by atoms with Crippen LogP contribution in [0.4, 0.5) is 0 Å². The van der Waals surface area contributed by atoms with E-state index in [1.807, 2.05) is 27.7 Å². The Morgan fingerprint density at radius 2 is 1.92 bits per heavy atom. The molecule has 68 valence electrons. The van der Waals surface area contributed by atoms with Crippen LogP contribution in [-0.4, -0.2) is 23.4 Å². The molecule has 0 aromatic rings. The first kappa shape index (κ1) is 11.0. The summed E-state index contributed by atoms with van der Waals surface area (Å²) in [5, 5.41) is 0. The molecule has 0 atom stereocenters. The molecule has 2 nitrogen and oxygen atoms in total. The average Bonchev–Trinajstić information content (AvgIpc) is 2.01. The highest BCUT2D eigenvalue weighted by Gasteiger charge is 2.26. The topological polar surface area (TPSA) is 20.3 Å². The lowest BCUT2D eigenvalue weighted by Crippen LogP contribution is -2.45. The number of rotatable bonds is 2. The van der Waals surface area contributed by atoms with E-state index in [2.05, 4.69) is 5.92 Å². The van der Waals surface area contributed by atoms with Crippen LogP contribution in [0.3, 0.4) is 0 Å². The van der Waals surface area contributed by atoms with Gasteiger partial charge in [-0.3, -0.25) is 4.79 Å². The first-order chi connectivity index (χ1) is 5.33. The van der Waals surface area contributed by atoms with E-state index in [-0.39, 0.29) is 11.8 Å². The van der Waals surface area contributed by atoms with Crippen molar-refractivity contribution in [2.75, 3.05) is 7.05 Å². The Morgan fingerprint density at radius 1 is 1.50 bits per heavy atom. The quantitative estimate of drug-likeness (QED) is 0.571. The van der Waals surface area contributed by atoms with E-state index in [9.17, 15) is 4.79 Å². The van der Waals surface area contributed by atoms with Crippen LogP contribution in [0, 0.1) is 18.3 Å². The van der Waals surface area contributed by atoms with E-state index in [0.29, 0.717) is 0 Å². The first-order valence-corrected chi connectivity index (χ1v) is 4.08. The predicted octanol–water partition coefficient (Wildman–Crippen LogP) is 1.51. The summed E-state index contributed by atoms with van der Waals surface area (Å²) in [4.78, 5) is 13.1. The van der Waals surface area contributed by atoms with E-state index in [1.54, 1.807) is 11.9 Å². The average molecular weight is 167 g/mol. The van der Waals surface area contributed by atoms with Crippen molar-refractivity contribution in [3.05, 3.63) is 0 Å². The van der Waals surface area contributed by atoms with Crippen molar-refractivity contribution in [3.8, 4) is 12.3 Å². The molecule has 0 radical (unpaired) electrons. The SMILES string of the molecule is C#CC(C)(C)N(C)C(=O)C(C)C. The molecule has 12 heavy (non-hydrogen) atoms.